The second kappa shape index (κ2) is 14.1. The van der Waals surface area contributed by atoms with Crippen LogP contribution in [0.4, 0.5) is 0 Å². The molecule has 0 aliphatic heterocycles. The zero-order chi connectivity index (χ0) is 33.1. The van der Waals surface area contributed by atoms with Crippen molar-refractivity contribution < 1.29 is 24.2 Å². The van der Waals surface area contributed by atoms with Crippen molar-refractivity contribution in [2.45, 2.75) is 92.9 Å². The quantitative estimate of drug-likeness (QED) is 0.218. The van der Waals surface area contributed by atoms with E-state index in [4.69, 9.17) is 0 Å². The van der Waals surface area contributed by atoms with E-state index in [1.54, 1.807) is 5.57 Å². The monoisotopic (exact) mass is 681 g/mol. The van der Waals surface area contributed by atoms with E-state index in [1.807, 2.05) is 0 Å². The standard InChI is InChI=1S/C32H41.C13H10.Zr/c1-9-13-23-21-32(18-10-2,31(6,7)8)29(22-14-11-12-15-22)27-20-24-19-25(30(3,4)5)16-17-26(24)28(23)27;1-3-7-12(8-4-1)11-13-9-5-2-6-10-13;/h11-12,14,16-17,19,21H,9-10,13,15,18H2,1-8H3;1-10H;/q-1;;. The van der Waals surface area contributed by atoms with Gasteiger partial charge in [0.1, 0.15) is 0 Å². The molecule has 1 unspecified atom stereocenters. The average molecular weight is 683 g/mol. The van der Waals surface area contributed by atoms with E-state index in [2.05, 4.69) is 165 Å². The molecule has 0 heterocycles. The third-order valence-corrected chi connectivity index (χ3v) is 11.2. The number of hydrogen-bond donors (Lipinski definition) is 0. The number of fused-ring (bicyclic) bond motifs is 2. The van der Waals surface area contributed by atoms with E-state index in [-0.39, 0.29) is 16.2 Å². The molecular weight excluding hydrogens is 632 g/mol. The third-order valence-electron chi connectivity index (χ3n) is 9.82. The summed E-state index contributed by atoms with van der Waals surface area (Å²) in [4.78, 5) is 0. The Morgan fingerprint density at radius 2 is 1.46 bits per heavy atom. The topological polar surface area (TPSA) is 0 Å². The molecule has 1 atom stereocenters. The molecule has 3 aromatic rings. The molecule has 1 heteroatoms. The van der Waals surface area contributed by atoms with Gasteiger partial charge in [-0.1, -0.05) is 127 Å². The fraction of sp³-hybridized carbons (Fsp3) is 0.356. The maximum atomic E-state index is 3.98. The molecule has 0 spiro atoms. The SMILES string of the molecule is CCCC1=CC(CCC)(C(C)(C)C)C(C2=CC=CC2)=C2[C-]=c3cc(C(C)(C)C)ccc3=C12.[Zr]=[C](c1ccccc1)c1ccccc1. The molecule has 0 saturated carbocycles. The van der Waals surface area contributed by atoms with Gasteiger partial charge in [-0.05, 0) is 35.5 Å². The summed E-state index contributed by atoms with van der Waals surface area (Å²) < 4.78 is 1.42. The van der Waals surface area contributed by atoms with Crippen LogP contribution in [0.1, 0.15) is 104 Å². The number of hydrogen-bond acceptors (Lipinski definition) is 0. The van der Waals surface area contributed by atoms with Gasteiger partial charge in [0, 0.05) is 0 Å². The number of allylic oxidation sites excluding steroid dienone is 8. The molecule has 0 fully saturated rings. The van der Waals surface area contributed by atoms with Crippen LogP contribution in [0.2, 0.25) is 0 Å². The molecular formula is C45H51Zr-. The molecule has 0 bridgehead atoms. The number of benzene rings is 3. The molecule has 3 aromatic carbocycles. The van der Waals surface area contributed by atoms with Crippen LogP contribution in [0, 0.1) is 10.8 Å². The van der Waals surface area contributed by atoms with Crippen molar-refractivity contribution in [2.24, 2.45) is 10.8 Å². The second-order valence-electron chi connectivity index (χ2n) is 15.1. The minimum absolute atomic E-state index is 0.0326. The van der Waals surface area contributed by atoms with Crippen LogP contribution in [-0.2, 0) is 29.7 Å². The minimum atomic E-state index is 0.0326. The summed E-state index contributed by atoms with van der Waals surface area (Å²) in [5.41, 5.74) is 11.8. The van der Waals surface area contributed by atoms with E-state index in [9.17, 15) is 0 Å². The summed E-state index contributed by atoms with van der Waals surface area (Å²) in [5, 5.41) is 2.67. The first-order valence-electron chi connectivity index (χ1n) is 17.2. The van der Waals surface area contributed by atoms with Crippen LogP contribution in [0.25, 0.3) is 11.6 Å². The molecule has 236 valence electrons. The van der Waals surface area contributed by atoms with Gasteiger partial charge in [0.2, 0.25) is 0 Å². The van der Waals surface area contributed by atoms with Gasteiger partial charge in [-0.3, -0.25) is 0 Å². The first-order valence-corrected chi connectivity index (χ1v) is 18.5. The summed E-state index contributed by atoms with van der Waals surface area (Å²) >= 11 is 1.46. The summed E-state index contributed by atoms with van der Waals surface area (Å²) in [7, 11) is 0. The van der Waals surface area contributed by atoms with Crippen molar-refractivity contribution in [1.29, 1.82) is 0 Å². The Bertz CT molecular complexity index is 1790. The zero-order valence-corrected chi connectivity index (χ0v) is 31.8. The predicted molar refractivity (Wildman–Crippen MR) is 196 cm³/mol. The average Bonchev–Trinajstić information content (AvgIpc) is 3.69. The normalized spacial score (nSPS) is 18.6. The Hall–Kier alpha value is -2.89. The van der Waals surface area contributed by atoms with Crippen molar-refractivity contribution >= 4 is 14.9 Å². The Morgan fingerprint density at radius 3 is 1.96 bits per heavy atom. The Kier molecular flexibility index (Phi) is 10.5. The van der Waals surface area contributed by atoms with Crippen LogP contribution in [0.3, 0.4) is 0 Å². The van der Waals surface area contributed by atoms with Crippen LogP contribution < -0.4 is 10.4 Å². The van der Waals surface area contributed by atoms with E-state index in [1.165, 1.54) is 96.1 Å². The van der Waals surface area contributed by atoms with Gasteiger partial charge >= 0.3 is 99.2 Å². The van der Waals surface area contributed by atoms with E-state index in [0.717, 1.165) is 12.8 Å². The Balaban J connectivity index is 0.000000247. The summed E-state index contributed by atoms with van der Waals surface area (Å²) in [6, 6.07) is 28.2. The van der Waals surface area contributed by atoms with Crippen molar-refractivity contribution in [2.75, 3.05) is 0 Å². The van der Waals surface area contributed by atoms with Gasteiger partial charge in [0.25, 0.3) is 0 Å². The van der Waals surface area contributed by atoms with Crippen molar-refractivity contribution in [3.63, 3.8) is 0 Å². The van der Waals surface area contributed by atoms with Gasteiger partial charge in [0.15, 0.2) is 0 Å². The van der Waals surface area contributed by atoms with Crippen molar-refractivity contribution in [1.82, 2.24) is 0 Å². The Labute approximate surface area is 293 Å². The van der Waals surface area contributed by atoms with Gasteiger partial charge < -0.3 is 0 Å². The predicted octanol–water partition coefficient (Wildman–Crippen LogP) is 10.4. The van der Waals surface area contributed by atoms with E-state index in [0.29, 0.717) is 0 Å². The summed E-state index contributed by atoms with van der Waals surface area (Å²) in [6.45, 7) is 18.9. The fourth-order valence-corrected chi connectivity index (χ4v) is 8.15. The molecule has 0 amide bonds. The zero-order valence-electron chi connectivity index (χ0n) is 29.4. The summed E-state index contributed by atoms with van der Waals surface area (Å²) in [5.74, 6) is 0. The van der Waals surface area contributed by atoms with Gasteiger partial charge in [-0.2, -0.15) is 0 Å². The summed E-state index contributed by atoms with van der Waals surface area (Å²) in [6.07, 6.45) is 19.3. The van der Waals surface area contributed by atoms with Gasteiger partial charge in [-0.25, -0.2) is 0 Å². The molecule has 0 nitrogen and oxygen atoms in total. The molecule has 0 N–H and O–H groups in total. The molecule has 3 aliphatic carbocycles. The molecule has 3 aliphatic rings. The van der Waals surface area contributed by atoms with Crippen LogP contribution in [-0.4, -0.2) is 3.21 Å². The Morgan fingerprint density at radius 1 is 0.826 bits per heavy atom. The van der Waals surface area contributed by atoms with Gasteiger partial charge in [0.05, 0.1) is 0 Å². The van der Waals surface area contributed by atoms with E-state index >= 15 is 0 Å². The van der Waals surface area contributed by atoms with Gasteiger partial charge in [-0.15, -0.1) is 33.7 Å². The van der Waals surface area contributed by atoms with Crippen LogP contribution in [0.15, 0.2) is 125 Å². The second-order valence-corrected chi connectivity index (χ2v) is 16.3. The molecule has 0 saturated heterocycles. The van der Waals surface area contributed by atoms with Crippen LogP contribution >= 0.6 is 0 Å². The molecule has 0 radical (unpaired) electrons. The number of rotatable bonds is 7. The van der Waals surface area contributed by atoms with E-state index < -0.39 is 0 Å². The first-order chi connectivity index (χ1) is 21.9. The first kappa shape index (κ1) is 34.4. The molecule has 6 rings (SSSR count). The molecule has 0 aromatic heterocycles. The maximum absolute atomic E-state index is 3.98. The van der Waals surface area contributed by atoms with Crippen molar-refractivity contribution in [3.8, 4) is 0 Å². The van der Waals surface area contributed by atoms with Crippen LogP contribution in [0.5, 0.6) is 0 Å². The molecule has 46 heavy (non-hydrogen) atoms. The fourth-order valence-electron chi connectivity index (χ4n) is 7.33. The van der Waals surface area contributed by atoms with Crippen molar-refractivity contribution in [3.05, 3.63) is 153 Å². The third kappa shape index (κ3) is 6.87.